The zero-order valence-corrected chi connectivity index (χ0v) is 7.90. The number of aromatic nitrogens is 1. The molecule has 0 spiro atoms. The highest BCUT2D eigenvalue weighted by Crippen LogP contribution is 2.35. The molecule has 1 fully saturated rings. The van der Waals surface area contributed by atoms with Gasteiger partial charge < -0.3 is 5.11 Å². The van der Waals surface area contributed by atoms with Gasteiger partial charge in [-0.2, -0.15) is 0 Å². The summed E-state index contributed by atoms with van der Waals surface area (Å²) in [6.45, 7) is 1.76. The van der Waals surface area contributed by atoms with Crippen LogP contribution in [0.3, 0.4) is 0 Å². The topological polar surface area (TPSA) is 33.1 Å². The zero-order valence-electron chi connectivity index (χ0n) is 7.90. The molecule has 0 aliphatic heterocycles. The number of aliphatic hydroxyl groups is 1. The van der Waals surface area contributed by atoms with Crippen LogP contribution in [-0.4, -0.2) is 10.1 Å². The predicted molar refractivity (Wildman–Crippen MR) is 51.5 cm³/mol. The number of rotatable bonds is 2. The average molecular weight is 177 g/mol. The molecule has 1 aliphatic carbocycles. The molecular weight excluding hydrogens is 162 g/mol. The molecule has 2 nitrogen and oxygen atoms in total. The van der Waals surface area contributed by atoms with Gasteiger partial charge in [0.15, 0.2) is 0 Å². The minimum Gasteiger partial charge on any atom is -0.389 e. The van der Waals surface area contributed by atoms with Crippen molar-refractivity contribution >= 4 is 0 Å². The Hall–Kier alpha value is -0.890. The van der Waals surface area contributed by atoms with Crippen molar-refractivity contribution < 1.29 is 5.11 Å². The van der Waals surface area contributed by atoms with Crippen LogP contribution < -0.4 is 0 Å². The second-order valence-electron chi connectivity index (χ2n) is 3.82. The van der Waals surface area contributed by atoms with Crippen LogP contribution >= 0.6 is 0 Å². The first-order valence-corrected chi connectivity index (χ1v) is 4.91. The lowest BCUT2D eigenvalue weighted by molar-refractivity contribution is 0.198. The van der Waals surface area contributed by atoms with Gasteiger partial charge in [-0.05, 0) is 31.4 Å². The summed E-state index contributed by atoms with van der Waals surface area (Å²) in [5.74, 6) is 0.683. The molecular formula is C11H15NO. The molecule has 1 aromatic rings. The van der Waals surface area contributed by atoms with Crippen LogP contribution in [0, 0.1) is 0 Å². The Balaban J connectivity index is 2.13. The molecule has 1 aromatic heterocycles. The van der Waals surface area contributed by atoms with Crippen LogP contribution in [0.5, 0.6) is 0 Å². The monoisotopic (exact) mass is 177 g/mol. The summed E-state index contributed by atoms with van der Waals surface area (Å²) >= 11 is 0. The van der Waals surface area contributed by atoms with E-state index >= 15 is 0 Å². The van der Waals surface area contributed by atoms with Crippen molar-refractivity contribution in [3.63, 3.8) is 0 Å². The molecule has 13 heavy (non-hydrogen) atoms. The molecule has 0 amide bonds. The number of hydrogen-bond donors (Lipinski definition) is 1. The van der Waals surface area contributed by atoms with Crippen molar-refractivity contribution in [3.8, 4) is 0 Å². The number of nitrogens with zero attached hydrogens (tertiary/aromatic N) is 1. The van der Waals surface area contributed by atoms with Gasteiger partial charge in [-0.1, -0.05) is 12.5 Å². The molecule has 0 radical (unpaired) electrons. The standard InChI is InChI=1S/C11H15NO/c1-8(13)10-5-6-11(12-7-10)9-3-2-4-9/h5-9,13H,2-4H2,1H3. The molecule has 0 bridgehead atoms. The quantitative estimate of drug-likeness (QED) is 0.752. The largest absolute Gasteiger partial charge is 0.389 e. The van der Waals surface area contributed by atoms with E-state index in [-0.39, 0.29) is 0 Å². The molecule has 1 atom stereocenters. The molecule has 2 heteroatoms. The van der Waals surface area contributed by atoms with Crippen LogP contribution in [0.15, 0.2) is 18.3 Å². The van der Waals surface area contributed by atoms with Gasteiger partial charge in [-0.25, -0.2) is 0 Å². The average Bonchev–Trinajstić information content (AvgIpc) is 2.02. The van der Waals surface area contributed by atoms with Gasteiger partial charge in [-0.15, -0.1) is 0 Å². The fraction of sp³-hybridized carbons (Fsp3) is 0.545. The van der Waals surface area contributed by atoms with Gasteiger partial charge in [0.05, 0.1) is 6.10 Å². The predicted octanol–water partition coefficient (Wildman–Crippen LogP) is 2.40. The fourth-order valence-corrected chi connectivity index (χ4v) is 1.61. The maximum absolute atomic E-state index is 9.28. The van der Waals surface area contributed by atoms with E-state index in [1.165, 1.54) is 25.0 Å². The van der Waals surface area contributed by atoms with Crippen LogP contribution in [0.4, 0.5) is 0 Å². The van der Waals surface area contributed by atoms with E-state index in [0.29, 0.717) is 5.92 Å². The second-order valence-corrected chi connectivity index (χ2v) is 3.82. The summed E-state index contributed by atoms with van der Waals surface area (Å²) in [6.07, 6.45) is 5.29. The number of aliphatic hydroxyl groups excluding tert-OH is 1. The lowest BCUT2D eigenvalue weighted by Gasteiger charge is -2.24. The summed E-state index contributed by atoms with van der Waals surface area (Å²) in [4.78, 5) is 4.36. The minimum atomic E-state index is -0.400. The molecule has 2 rings (SSSR count). The SMILES string of the molecule is CC(O)c1ccc(C2CCC2)nc1. The summed E-state index contributed by atoms with van der Waals surface area (Å²) in [6, 6.07) is 4.03. The highest BCUT2D eigenvalue weighted by atomic mass is 16.3. The van der Waals surface area contributed by atoms with Crippen LogP contribution in [0.1, 0.15) is 49.5 Å². The van der Waals surface area contributed by atoms with E-state index in [0.717, 1.165) is 5.56 Å². The molecule has 1 aliphatic rings. The van der Waals surface area contributed by atoms with Gasteiger partial charge in [0, 0.05) is 17.8 Å². The third kappa shape index (κ3) is 1.73. The molecule has 1 heterocycles. The first-order chi connectivity index (χ1) is 6.27. The maximum atomic E-state index is 9.28. The first kappa shape index (κ1) is 8.70. The molecule has 0 aromatic carbocycles. The van der Waals surface area contributed by atoms with Crippen LogP contribution in [0.25, 0.3) is 0 Å². The number of hydrogen-bond acceptors (Lipinski definition) is 2. The van der Waals surface area contributed by atoms with Gasteiger partial charge in [0.2, 0.25) is 0 Å². The first-order valence-electron chi connectivity index (χ1n) is 4.91. The Morgan fingerprint density at radius 3 is 2.62 bits per heavy atom. The maximum Gasteiger partial charge on any atom is 0.0776 e. The van der Waals surface area contributed by atoms with E-state index in [1.54, 1.807) is 13.1 Å². The van der Waals surface area contributed by atoms with Crippen molar-refractivity contribution in [3.05, 3.63) is 29.6 Å². The molecule has 70 valence electrons. The Bertz CT molecular complexity index is 275. The van der Waals surface area contributed by atoms with Gasteiger partial charge in [0.1, 0.15) is 0 Å². The van der Waals surface area contributed by atoms with E-state index in [2.05, 4.69) is 4.98 Å². The highest BCUT2D eigenvalue weighted by molar-refractivity contribution is 5.19. The zero-order chi connectivity index (χ0) is 9.26. The third-order valence-corrected chi connectivity index (χ3v) is 2.82. The smallest absolute Gasteiger partial charge is 0.0776 e. The Morgan fingerprint density at radius 1 is 1.46 bits per heavy atom. The molecule has 1 saturated carbocycles. The third-order valence-electron chi connectivity index (χ3n) is 2.82. The van der Waals surface area contributed by atoms with Crippen molar-refractivity contribution in [1.82, 2.24) is 4.98 Å². The summed E-state index contributed by atoms with van der Waals surface area (Å²) in [7, 11) is 0. The summed E-state index contributed by atoms with van der Waals surface area (Å²) in [5.41, 5.74) is 2.10. The van der Waals surface area contributed by atoms with Crippen molar-refractivity contribution in [2.45, 2.75) is 38.2 Å². The lowest BCUT2D eigenvalue weighted by Crippen LogP contribution is -2.10. The number of pyridine rings is 1. The minimum absolute atomic E-state index is 0.400. The van der Waals surface area contributed by atoms with Crippen molar-refractivity contribution in [2.24, 2.45) is 0 Å². The van der Waals surface area contributed by atoms with Crippen LogP contribution in [-0.2, 0) is 0 Å². The molecule has 0 saturated heterocycles. The molecule has 1 unspecified atom stereocenters. The molecule has 1 N–H and O–H groups in total. The fourth-order valence-electron chi connectivity index (χ4n) is 1.61. The van der Waals surface area contributed by atoms with E-state index in [9.17, 15) is 5.11 Å². The van der Waals surface area contributed by atoms with Gasteiger partial charge >= 0.3 is 0 Å². The van der Waals surface area contributed by atoms with E-state index < -0.39 is 6.10 Å². The Morgan fingerprint density at radius 2 is 2.23 bits per heavy atom. The normalized spacial score (nSPS) is 19.5. The van der Waals surface area contributed by atoms with Crippen LogP contribution in [0.2, 0.25) is 0 Å². The van der Waals surface area contributed by atoms with E-state index in [4.69, 9.17) is 0 Å². The Kier molecular flexibility index (Phi) is 2.32. The van der Waals surface area contributed by atoms with Crippen molar-refractivity contribution in [2.75, 3.05) is 0 Å². The Labute approximate surface area is 78.6 Å². The lowest BCUT2D eigenvalue weighted by atomic mass is 9.82. The van der Waals surface area contributed by atoms with Gasteiger partial charge in [-0.3, -0.25) is 4.98 Å². The highest BCUT2D eigenvalue weighted by Gasteiger charge is 2.20. The second kappa shape index (κ2) is 3.46. The van der Waals surface area contributed by atoms with E-state index in [1.807, 2.05) is 12.1 Å². The summed E-state index contributed by atoms with van der Waals surface area (Å²) < 4.78 is 0. The van der Waals surface area contributed by atoms with Gasteiger partial charge in [0.25, 0.3) is 0 Å². The van der Waals surface area contributed by atoms with Crippen molar-refractivity contribution in [1.29, 1.82) is 0 Å². The summed E-state index contributed by atoms with van der Waals surface area (Å²) in [5, 5.41) is 9.28.